The molecule has 0 aliphatic carbocycles. The summed E-state index contributed by atoms with van der Waals surface area (Å²) in [6.45, 7) is 0. The molecule has 0 N–H and O–H groups in total. The summed E-state index contributed by atoms with van der Waals surface area (Å²) in [4.78, 5) is 30.1. The van der Waals surface area contributed by atoms with Crippen molar-refractivity contribution in [2.24, 2.45) is 5.41 Å². The fourth-order valence-electron chi connectivity index (χ4n) is 0.228. The van der Waals surface area contributed by atoms with E-state index in [0.717, 1.165) is 0 Å². The Balaban J connectivity index is 4.34. The molecule has 0 aliphatic heterocycles. The standard InChI is InChI=1S/C5H7O3P/c6-1-5(2-7,3-8)4-9/h1-3H,4,9H2. The van der Waals surface area contributed by atoms with Crippen LogP contribution >= 0.6 is 9.24 Å². The summed E-state index contributed by atoms with van der Waals surface area (Å²) in [6, 6.07) is 0. The molecule has 0 saturated carbocycles. The third-order valence-electron chi connectivity index (χ3n) is 1.01. The summed E-state index contributed by atoms with van der Waals surface area (Å²) in [5.41, 5.74) is -1.41. The second-order valence-electron chi connectivity index (χ2n) is 1.67. The van der Waals surface area contributed by atoms with Crippen molar-refractivity contribution in [2.45, 2.75) is 0 Å². The van der Waals surface area contributed by atoms with Crippen molar-refractivity contribution in [3.05, 3.63) is 0 Å². The van der Waals surface area contributed by atoms with E-state index in [0.29, 0.717) is 18.9 Å². The van der Waals surface area contributed by atoms with Gasteiger partial charge in [0.1, 0.15) is 24.3 Å². The fourth-order valence-corrected chi connectivity index (χ4v) is 0.516. The number of rotatable bonds is 4. The molecule has 0 fully saturated rings. The maximum atomic E-state index is 10.0. The predicted octanol–water partition coefficient (Wildman–Crippen LogP) is -0.555. The molecule has 0 aromatic rings. The molecule has 1 atom stereocenters. The van der Waals surface area contributed by atoms with Crippen molar-refractivity contribution in [2.75, 3.05) is 6.16 Å². The third-order valence-corrected chi connectivity index (χ3v) is 1.72. The lowest BCUT2D eigenvalue weighted by atomic mass is 9.97. The van der Waals surface area contributed by atoms with E-state index < -0.39 is 5.41 Å². The molecule has 0 bridgehead atoms. The van der Waals surface area contributed by atoms with Crippen LogP contribution in [0.25, 0.3) is 0 Å². The van der Waals surface area contributed by atoms with Gasteiger partial charge in [0.15, 0.2) is 0 Å². The van der Waals surface area contributed by atoms with Crippen molar-refractivity contribution >= 4 is 28.1 Å². The summed E-state index contributed by atoms with van der Waals surface area (Å²) in [7, 11) is 2.16. The zero-order valence-corrected chi connectivity index (χ0v) is 5.90. The first-order valence-corrected chi connectivity index (χ1v) is 3.15. The lowest BCUT2D eigenvalue weighted by Gasteiger charge is -2.07. The minimum Gasteiger partial charge on any atom is -0.302 e. The SMILES string of the molecule is O=CC(C=O)(C=O)CP. The van der Waals surface area contributed by atoms with Gasteiger partial charge in [0.2, 0.25) is 0 Å². The van der Waals surface area contributed by atoms with Crippen molar-refractivity contribution in [3.8, 4) is 0 Å². The molecule has 0 heterocycles. The Morgan fingerprint density at radius 3 is 1.44 bits per heavy atom. The summed E-state index contributed by atoms with van der Waals surface area (Å²) >= 11 is 0. The van der Waals surface area contributed by atoms with Gasteiger partial charge < -0.3 is 14.4 Å². The second-order valence-corrected chi connectivity index (χ2v) is 2.08. The average molecular weight is 146 g/mol. The monoisotopic (exact) mass is 146 g/mol. The Labute approximate surface area is 55.0 Å². The first-order valence-electron chi connectivity index (χ1n) is 2.33. The first kappa shape index (κ1) is 8.44. The van der Waals surface area contributed by atoms with Crippen molar-refractivity contribution in [1.82, 2.24) is 0 Å². The number of carbonyl (C=O) groups is 3. The van der Waals surface area contributed by atoms with Crippen LogP contribution in [0.3, 0.4) is 0 Å². The molecular formula is C5H7O3P. The van der Waals surface area contributed by atoms with E-state index in [4.69, 9.17) is 0 Å². The highest BCUT2D eigenvalue weighted by Crippen LogP contribution is 2.09. The Bertz CT molecular complexity index is 110. The molecule has 4 heteroatoms. The molecule has 0 radical (unpaired) electrons. The molecule has 0 rings (SSSR count). The lowest BCUT2D eigenvalue weighted by Crippen LogP contribution is -2.27. The van der Waals surface area contributed by atoms with Crippen LogP contribution in [0.15, 0.2) is 0 Å². The third kappa shape index (κ3) is 1.68. The van der Waals surface area contributed by atoms with E-state index in [2.05, 4.69) is 9.24 Å². The van der Waals surface area contributed by atoms with Crippen LogP contribution < -0.4 is 0 Å². The van der Waals surface area contributed by atoms with Gasteiger partial charge in [-0.05, 0) is 6.16 Å². The zero-order valence-electron chi connectivity index (χ0n) is 4.74. The van der Waals surface area contributed by atoms with E-state index in [-0.39, 0.29) is 6.16 Å². The van der Waals surface area contributed by atoms with Crippen molar-refractivity contribution in [3.63, 3.8) is 0 Å². The van der Waals surface area contributed by atoms with Crippen molar-refractivity contribution < 1.29 is 14.4 Å². The van der Waals surface area contributed by atoms with Gasteiger partial charge in [-0.1, -0.05) is 0 Å². The molecule has 50 valence electrons. The van der Waals surface area contributed by atoms with Crippen LogP contribution in [-0.2, 0) is 14.4 Å². The van der Waals surface area contributed by atoms with Crippen molar-refractivity contribution in [1.29, 1.82) is 0 Å². The van der Waals surface area contributed by atoms with E-state index >= 15 is 0 Å². The van der Waals surface area contributed by atoms with Crippen LogP contribution in [0.2, 0.25) is 0 Å². The summed E-state index contributed by atoms with van der Waals surface area (Å²) < 4.78 is 0. The van der Waals surface area contributed by atoms with Gasteiger partial charge >= 0.3 is 0 Å². The summed E-state index contributed by atoms with van der Waals surface area (Å²) in [6.07, 6.45) is 1.20. The number of carbonyl (C=O) groups excluding carboxylic acids is 3. The Morgan fingerprint density at radius 2 is 1.44 bits per heavy atom. The molecule has 0 aromatic heterocycles. The molecule has 9 heavy (non-hydrogen) atoms. The molecule has 1 unspecified atom stereocenters. The number of hydrogen-bond acceptors (Lipinski definition) is 3. The molecule has 0 spiro atoms. The van der Waals surface area contributed by atoms with Crippen LogP contribution in [-0.4, -0.2) is 25.0 Å². The van der Waals surface area contributed by atoms with Gasteiger partial charge in [-0.2, -0.15) is 0 Å². The van der Waals surface area contributed by atoms with Gasteiger partial charge in [0.05, 0.1) is 0 Å². The maximum Gasteiger partial charge on any atom is 0.140 e. The minimum atomic E-state index is -1.41. The zero-order chi connectivity index (χ0) is 7.33. The highest BCUT2D eigenvalue weighted by Gasteiger charge is 2.25. The lowest BCUT2D eigenvalue weighted by molar-refractivity contribution is -0.131. The van der Waals surface area contributed by atoms with Gasteiger partial charge in [-0.3, -0.25) is 0 Å². The molecule has 0 aliphatic rings. The largest absolute Gasteiger partial charge is 0.302 e. The van der Waals surface area contributed by atoms with E-state index in [1.165, 1.54) is 0 Å². The highest BCUT2D eigenvalue weighted by molar-refractivity contribution is 7.16. The smallest absolute Gasteiger partial charge is 0.140 e. The molecule has 0 saturated heterocycles. The van der Waals surface area contributed by atoms with Crippen LogP contribution in [0, 0.1) is 5.41 Å². The second kappa shape index (κ2) is 3.46. The average Bonchev–Trinajstić information content (AvgIpc) is 1.95. The molecular weight excluding hydrogens is 139 g/mol. The predicted molar refractivity (Wildman–Crippen MR) is 35.2 cm³/mol. The Hall–Kier alpha value is -0.560. The maximum absolute atomic E-state index is 10.0. The summed E-state index contributed by atoms with van der Waals surface area (Å²) in [5.74, 6) is 0. The van der Waals surface area contributed by atoms with Gasteiger partial charge in [-0.15, -0.1) is 9.24 Å². The van der Waals surface area contributed by atoms with Gasteiger partial charge in [-0.25, -0.2) is 0 Å². The molecule has 0 amide bonds. The summed E-state index contributed by atoms with van der Waals surface area (Å²) in [5, 5.41) is 0. The van der Waals surface area contributed by atoms with E-state index in [1.807, 2.05) is 0 Å². The van der Waals surface area contributed by atoms with E-state index in [1.54, 1.807) is 0 Å². The normalized spacial score (nSPS) is 10.3. The molecule has 0 aromatic carbocycles. The van der Waals surface area contributed by atoms with E-state index in [9.17, 15) is 14.4 Å². The first-order chi connectivity index (χ1) is 4.24. The quantitative estimate of drug-likeness (QED) is 0.303. The van der Waals surface area contributed by atoms with Gasteiger partial charge in [0.25, 0.3) is 0 Å². The van der Waals surface area contributed by atoms with Crippen LogP contribution in [0.4, 0.5) is 0 Å². The molecule has 3 nitrogen and oxygen atoms in total. The Kier molecular flexibility index (Phi) is 3.25. The number of aldehydes is 3. The minimum absolute atomic E-state index is 0.156. The van der Waals surface area contributed by atoms with Crippen LogP contribution in [0.1, 0.15) is 0 Å². The van der Waals surface area contributed by atoms with Crippen LogP contribution in [0.5, 0.6) is 0 Å². The fraction of sp³-hybridized carbons (Fsp3) is 0.400. The van der Waals surface area contributed by atoms with Gasteiger partial charge in [0, 0.05) is 0 Å². The topological polar surface area (TPSA) is 51.2 Å². The highest BCUT2D eigenvalue weighted by atomic mass is 31.0. The number of hydrogen-bond donors (Lipinski definition) is 0. The Morgan fingerprint density at radius 1 is 1.11 bits per heavy atom.